The Bertz CT molecular complexity index is 1690. The molecule has 0 amide bonds. The number of ether oxygens (including phenoxy) is 2. The normalized spacial score (nSPS) is 15.8. The molecule has 3 heterocycles. The molecule has 1 atom stereocenters. The first-order chi connectivity index (χ1) is 20.8. The number of carboxylic acid groups (broad SMARTS) is 1. The smallest absolute Gasteiger partial charge is 0.337 e. The summed E-state index contributed by atoms with van der Waals surface area (Å²) >= 11 is 0. The van der Waals surface area contributed by atoms with E-state index in [4.69, 9.17) is 14.6 Å². The monoisotopic (exact) mass is 597 g/mol. The fourth-order valence-corrected chi connectivity index (χ4v) is 5.97. The summed E-state index contributed by atoms with van der Waals surface area (Å²) in [5, 5.41) is 26.0. The van der Waals surface area contributed by atoms with Crippen molar-refractivity contribution in [3.05, 3.63) is 84.1 Å². The van der Waals surface area contributed by atoms with Gasteiger partial charge in [-0.3, -0.25) is 0 Å². The molecule has 232 valence electrons. The van der Waals surface area contributed by atoms with Gasteiger partial charge in [-0.1, -0.05) is 35.9 Å². The third kappa shape index (κ3) is 6.51. The summed E-state index contributed by atoms with van der Waals surface area (Å²) in [4.78, 5) is 15.0. The molecule has 8 heteroatoms. The van der Waals surface area contributed by atoms with Crippen LogP contribution in [0.5, 0.6) is 5.75 Å². The van der Waals surface area contributed by atoms with Gasteiger partial charge in [-0.05, 0) is 89.8 Å². The number of carboxylic acids is 1. The highest BCUT2D eigenvalue weighted by molar-refractivity contribution is 5.87. The van der Waals surface area contributed by atoms with E-state index in [1.165, 1.54) is 0 Å². The maximum absolute atomic E-state index is 12.8. The average Bonchev–Trinajstić information content (AvgIpc) is 3.39. The highest BCUT2D eigenvalue weighted by Gasteiger charge is 2.37. The predicted octanol–water partition coefficient (Wildman–Crippen LogP) is 7.49. The van der Waals surface area contributed by atoms with Crippen LogP contribution in [0.2, 0.25) is 0 Å². The molecule has 1 fully saturated rings. The number of rotatable bonds is 9. The molecule has 8 nitrogen and oxygen atoms in total. The summed E-state index contributed by atoms with van der Waals surface area (Å²) in [5.74, 6) is -0.812. The van der Waals surface area contributed by atoms with Crippen molar-refractivity contribution in [2.24, 2.45) is 0 Å². The largest absolute Gasteiger partial charge is 0.507 e. The fourth-order valence-electron chi connectivity index (χ4n) is 5.97. The molecular weight excluding hydrogens is 554 g/mol. The minimum atomic E-state index is -1.16. The molecule has 5 rings (SSSR count). The lowest BCUT2D eigenvalue weighted by molar-refractivity contribution is -0.160. The van der Waals surface area contributed by atoms with Crippen molar-refractivity contribution in [3.8, 4) is 28.1 Å². The molecule has 2 aromatic heterocycles. The van der Waals surface area contributed by atoms with Crippen LogP contribution in [0.4, 0.5) is 5.69 Å². The van der Waals surface area contributed by atoms with Crippen LogP contribution in [0.3, 0.4) is 0 Å². The van der Waals surface area contributed by atoms with E-state index in [1.807, 2.05) is 87.8 Å². The van der Waals surface area contributed by atoms with Gasteiger partial charge in [0.05, 0.1) is 34.7 Å². The quantitative estimate of drug-likeness (QED) is 0.193. The zero-order valence-corrected chi connectivity index (χ0v) is 26.6. The van der Waals surface area contributed by atoms with Crippen LogP contribution in [-0.4, -0.2) is 56.7 Å². The molecule has 4 aromatic rings. The van der Waals surface area contributed by atoms with Crippen molar-refractivity contribution in [1.82, 2.24) is 9.61 Å². The first-order valence-electron chi connectivity index (χ1n) is 15.1. The fraction of sp³-hybridized carbons (Fsp3) is 0.389. The van der Waals surface area contributed by atoms with Crippen molar-refractivity contribution in [1.29, 1.82) is 0 Å². The minimum Gasteiger partial charge on any atom is -0.507 e. The number of benzene rings is 2. The lowest BCUT2D eigenvalue weighted by Gasteiger charge is -2.41. The lowest BCUT2D eigenvalue weighted by Crippen LogP contribution is -2.45. The zero-order chi connectivity index (χ0) is 31.8. The molecular formula is C36H43N3O5. The number of piperidine rings is 1. The van der Waals surface area contributed by atoms with Gasteiger partial charge in [0.15, 0.2) is 6.10 Å². The van der Waals surface area contributed by atoms with Crippen LogP contribution in [0.25, 0.3) is 27.9 Å². The Morgan fingerprint density at radius 1 is 1.11 bits per heavy atom. The van der Waals surface area contributed by atoms with E-state index >= 15 is 0 Å². The van der Waals surface area contributed by atoms with Gasteiger partial charge >= 0.3 is 5.97 Å². The standard InChI is InChI=1S/C36H43N3O5/c1-8-18-43-36(7)14-16-38(17-15-36)32-29-21-28(26-11-9-10-25(20-26)27-19-23(2)12-13-30(27)40)37-39(29)22-24(3)31(32)33(34(41)42)44-35(4,5)6/h8-13,19-22,33,40H,1,14-18H2,2-7H3,(H,41,42). The first kappa shape index (κ1) is 31.3. The number of fused-ring (bicyclic) bond motifs is 1. The van der Waals surface area contributed by atoms with Gasteiger partial charge in [0.25, 0.3) is 0 Å². The van der Waals surface area contributed by atoms with Crippen LogP contribution >= 0.6 is 0 Å². The summed E-state index contributed by atoms with van der Waals surface area (Å²) in [6.07, 6.45) is 4.05. The number of phenols is 1. The number of aliphatic carboxylic acids is 1. The highest BCUT2D eigenvalue weighted by Crippen LogP contribution is 2.41. The molecule has 0 spiro atoms. The summed E-state index contributed by atoms with van der Waals surface area (Å²) in [5.41, 5.74) is 6.43. The van der Waals surface area contributed by atoms with Gasteiger partial charge in [-0.25, -0.2) is 9.31 Å². The van der Waals surface area contributed by atoms with Gasteiger partial charge in [-0.2, -0.15) is 5.10 Å². The Morgan fingerprint density at radius 2 is 1.82 bits per heavy atom. The summed E-state index contributed by atoms with van der Waals surface area (Å²) < 4.78 is 14.2. The van der Waals surface area contributed by atoms with Crippen molar-refractivity contribution >= 4 is 17.2 Å². The first-order valence-corrected chi connectivity index (χ1v) is 15.1. The number of pyridine rings is 1. The Hall–Kier alpha value is -4.14. The minimum absolute atomic E-state index is 0.220. The van der Waals surface area contributed by atoms with Gasteiger partial charge in [0, 0.05) is 36.0 Å². The molecule has 0 aliphatic carbocycles. The Morgan fingerprint density at radius 3 is 2.48 bits per heavy atom. The number of aryl methyl sites for hydroxylation is 2. The zero-order valence-electron chi connectivity index (χ0n) is 26.6. The van der Waals surface area contributed by atoms with Crippen LogP contribution in [0, 0.1) is 13.8 Å². The molecule has 2 aromatic carbocycles. The van der Waals surface area contributed by atoms with Crippen molar-refractivity contribution < 1.29 is 24.5 Å². The Kier molecular flexibility index (Phi) is 8.60. The van der Waals surface area contributed by atoms with Crippen molar-refractivity contribution in [2.75, 3.05) is 24.6 Å². The van der Waals surface area contributed by atoms with Gasteiger partial charge < -0.3 is 24.6 Å². The second kappa shape index (κ2) is 12.1. The summed E-state index contributed by atoms with van der Waals surface area (Å²) in [7, 11) is 0. The van der Waals surface area contributed by atoms with E-state index in [0.29, 0.717) is 25.3 Å². The van der Waals surface area contributed by atoms with E-state index in [-0.39, 0.29) is 11.4 Å². The van der Waals surface area contributed by atoms with Crippen molar-refractivity contribution in [2.45, 2.75) is 71.7 Å². The molecule has 1 saturated heterocycles. The van der Waals surface area contributed by atoms with Crippen LogP contribution in [-0.2, 0) is 14.3 Å². The molecule has 1 unspecified atom stereocenters. The second-order valence-corrected chi connectivity index (χ2v) is 13.0. The van der Waals surface area contributed by atoms with Crippen molar-refractivity contribution in [3.63, 3.8) is 0 Å². The van der Waals surface area contributed by atoms with Crippen LogP contribution < -0.4 is 4.90 Å². The molecule has 44 heavy (non-hydrogen) atoms. The van der Waals surface area contributed by atoms with E-state index in [0.717, 1.165) is 57.6 Å². The number of hydrogen-bond donors (Lipinski definition) is 2. The van der Waals surface area contributed by atoms with Crippen LogP contribution in [0.1, 0.15) is 63.3 Å². The number of phenolic OH excluding ortho intramolecular Hbond substituents is 1. The predicted molar refractivity (Wildman–Crippen MR) is 174 cm³/mol. The number of nitrogens with zero attached hydrogens (tertiary/aromatic N) is 3. The maximum Gasteiger partial charge on any atom is 0.337 e. The van der Waals surface area contributed by atoms with E-state index in [1.54, 1.807) is 12.1 Å². The molecule has 1 aliphatic rings. The Balaban J connectivity index is 1.65. The number of aromatic nitrogens is 2. The molecule has 0 saturated carbocycles. The maximum atomic E-state index is 12.8. The van der Waals surface area contributed by atoms with Crippen LogP contribution in [0.15, 0.2) is 67.4 Å². The number of carbonyl (C=O) groups is 1. The molecule has 0 radical (unpaired) electrons. The molecule has 0 bridgehead atoms. The summed E-state index contributed by atoms with van der Waals surface area (Å²) in [6.45, 7) is 17.3. The second-order valence-electron chi connectivity index (χ2n) is 13.0. The van der Waals surface area contributed by atoms with Gasteiger partial charge in [-0.15, -0.1) is 6.58 Å². The Labute approximate surface area is 259 Å². The van der Waals surface area contributed by atoms with Gasteiger partial charge in [0.1, 0.15) is 5.75 Å². The SMILES string of the molecule is C=CCOC1(C)CCN(c2c(C(OC(C)(C)C)C(=O)O)c(C)cn3nc(-c4cccc(-c5cc(C)ccc5O)c4)cc23)CC1. The van der Waals surface area contributed by atoms with Gasteiger partial charge in [0.2, 0.25) is 0 Å². The van der Waals surface area contributed by atoms with E-state index in [9.17, 15) is 15.0 Å². The molecule has 1 aliphatic heterocycles. The number of aromatic hydroxyl groups is 1. The average molecular weight is 598 g/mol. The highest BCUT2D eigenvalue weighted by atomic mass is 16.5. The lowest BCUT2D eigenvalue weighted by atomic mass is 9.91. The third-order valence-corrected chi connectivity index (χ3v) is 8.24. The summed E-state index contributed by atoms with van der Waals surface area (Å²) in [6, 6.07) is 15.5. The number of hydrogen-bond acceptors (Lipinski definition) is 6. The molecule has 2 N–H and O–H groups in total. The number of anilines is 1. The van der Waals surface area contributed by atoms with E-state index < -0.39 is 17.7 Å². The third-order valence-electron chi connectivity index (χ3n) is 8.24. The van der Waals surface area contributed by atoms with E-state index in [2.05, 4.69) is 18.4 Å². The topological polar surface area (TPSA) is 96.5 Å².